The van der Waals surface area contributed by atoms with Crippen LogP contribution in [-0.4, -0.2) is 32.2 Å². The Bertz CT molecular complexity index is 545. The normalized spacial score (nSPS) is 16.3. The Hall–Kier alpha value is -1.84. The zero-order chi connectivity index (χ0) is 15.7. The van der Waals surface area contributed by atoms with Crippen LogP contribution in [0.3, 0.4) is 0 Å². The topological polar surface area (TPSA) is 30.0 Å². The van der Waals surface area contributed by atoms with Gasteiger partial charge in [-0.15, -0.1) is 0 Å². The van der Waals surface area contributed by atoms with E-state index in [1.807, 2.05) is 6.07 Å². The third-order valence-electron chi connectivity index (χ3n) is 4.50. The molecule has 1 radical (unpaired) electrons. The summed E-state index contributed by atoms with van der Waals surface area (Å²) in [6.07, 6.45) is 2.50. The van der Waals surface area contributed by atoms with Crippen molar-refractivity contribution < 1.29 is 0 Å². The number of para-hydroxylation sites is 1. The van der Waals surface area contributed by atoms with Crippen LogP contribution in [0.15, 0.2) is 60.7 Å². The second kappa shape index (κ2) is 8.70. The first-order valence-corrected chi connectivity index (χ1v) is 8.69. The van der Waals surface area contributed by atoms with E-state index in [4.69, 9.17) is 0 Å². The van der Waals surface area contributed by atoms with Gasteiger partial charge in [0.1, 0.15) is 19.6 Å². The minimum atomic E-state index is 0.666. The maximum absolute atomic E-state index is 3.69. The lowest BCUT2D eigenvalue weighted by atomic mass is 10.0. The maximum atomic E-state index is 3.69. The van der Waals surface area contributed by atoms with E-state index in [0.717, 1.165) is 19.6 Å². The van der Waals surface area contributed by atoms with E-state index in [2.05, 4.69) is 70.1 Å². The molecule has 0 bridgehead atoms. The summed E-state index contributed by atoms with van der Waals surface area (Å²) in [5.41, 5.74) is 2.62. The number of nitrogens with one attached hydrogen (secondary N) is 2. The summed E-state index contributed by atoms with van der Waals surface area (Å²) in [6.45, 7) is 5.48. The van der Waals surface area contributed by atoms with Gasteiger partial charge in [-0.25, -0.2) is 0 Å². The smallest absolute Gasteiger partial charge is 0.148 e. The Morgan fingerprint density at radius 1 is 0.826 bits per heavy atom. The van der Waals surface area contributed by atoms with Gasteiger partial charge in [-0.1, -0.05) is 48.5 Å². The monoisotopic (exact) mass is 309 g/mol. The Labute approximate surface area is 139 Å². The minimum absolute atomic E-state index is 0.666. The average molecular weight is 309 g/mol. The molecule has 121 valence electrons. The van der Waals surface area contributed by atoms with Crippen molar-refractivity contribution in [3.63, 3.8) is 0 Å². The zero-order valence-electron chi connectivity index (χ0n) is 13.7. The van der Waals surface area contributed by atoms with E-state index in [1.165, 1.54) is 37.2 Å². The molecule has 3 rings (SSSR count). The van der Waals surface area contributed by atoms with Gasteiger partial charge in [0, 0.05) is 43.2 Å². The Balaban J connectivity index is 1.30. The van der Waals surface area contributed by atoms with Crippen LogP contribution >= 0.6 is 0 Å². The Morgan fingerprint density at radius 3 is 2.17 bits per heavy atom. The highest BCUT2D eigenvalue weighted by molar-refractivity contribution is 5.42. The Kier molecular flexibility index (Phi) is 6.07. The number of anilines is 1. The zero-order valence-corrected chi connectivity index (χ0v) is 13.7. The van der Waals surface area contributed by atoms with Gasteiger partial charge >= 0.3 is 0 Å². The van der Waals surface area contributed by atoms with E-state index in [-0.39, 0.29) is 0 Å². The van der Waals surface area contributed by atoms with Crippen molar-refractivity contribution in [2.75, 3.05) is 31.5 Å². The van der Waals surface area contributed by atoms with Crippen LogP contribution in [0.4, 0.5) is 5.69 Å². The summed E-state index contributed by atoms with van der Waals surface area (Å²) in [7, 11) is 0. The lowest BCUT2D eigenvalue weighted by molar-refractivity contribution is 0.284. The highest BCUT2D eigenvalue weighted by Gasteiger charge is 2.25. The maximum Gasteiger partial charge on any atom is 0.148 e. The SMILES string of the molecule is c1ccc(C[N+]2CCC(NCCNc3ccccc3)CC2)cc1. The third kappa shape index (κ3) is 5.38. The number of hydrogen-bond acceptors (Lipinski definition) is 3. The summed E-state index contributed by atoms with van der Waals surface area (Å²) in [5.74, 6) is 0. The second-order valence-electron chi connectivity index (χ2n) is 6.28. The van der Waals surface area contributed by atoms with E-state index >= 15 is 0 Å². The van der Waals surface area contributed by atoms with Crippen molar-refractivity contribution in [1.29, 1.82) is 0 Å². The van der Waals surface area contributed by atoms with E-state index < -0.39 is 0 Å². The summed E-state index contributed by atoms with van der Waals surface area (Å²) >= 11 is 0. The van der Waals surface area contributed by atoms with Gasteiger partial charge in [0.15, 0.2) is 0 Å². The van der Waals surface area contributed by atoms with Crippen molar-refractivity contribution in [2.24, 2.45) is 0 Å². The lowest BCUT2D eigenvalue weighted by Crippen LogP contribution is -2.46. The first kappa shape index (κ1) is 16.0. The summed E-state index contributed by atoms with van der Waals surface area (Å²) < 4.78 is 0. The van der Waals surface area contributed by atoms with Gasteiger partial charge in [0.25, 0.3) is 0 Å². The molecule has 2 aromatic rings. The van der Waals surface area contributed by atoms with Gasteiger partial charge in [-0.3, -0.25) is 0 Å². The van der Waals surface area contributed by atoms with Gasteiger partial charge in [0.2, 0.25) is 0 Å². The molecule has 1 aliphatic rings. The first-order valence-electron chi connectivity index (χ1n) is 8.69. The molecule has 3 heteroatoms. The van der Waals surface area contributed by atoms with Crippen LogP contribution in [-0.2, 0) is 6.54 Å². The number of hydrogen-bond donors (Lipinski definition) is 2. The molecular formula is C20H27N3+. The van der Waals surface area contributed by atoms with Gasteiger partial charge in [-0.2, -0.15) is 4.90 Å². The molecule has 0 unspecified atom stereocenters. The van der Waals surface area contributed by atoms with E-state index in [9.17, 15) is 0 Å². The molecule has 1 saturated heterocycles. The molecule has 0 aliphatic carbocycles. The fourth-order valence-corrected chi connectivity index (χ4v) is 3.18. The van der Waals surface area contributed by atoms with Crippen LogP contribution in [0.1, 0.15) is 18.4 Å². The fourth-order valence-electron chi connectivity index (χ4n) is 3.18. The molecule has 1 fully saturated rings. The second-order valence-corrected chi connectivity index (χ2v) is 6.28. The molecule has 1 heterocycles. The van der Waals surface area contributed by atoms with Crippen LogP contribution in [0.2, 0.25) is 0 Å². The van der Waals surface area contributed by atoms with E-state index in [1.54, 1.807) is 0 Å². The molecule has 2 N–H and O–H groups in total. The average Bonchev–Trinajstić information content (AvgIpc) is 2.62. The number of rotatable bonds is 7. The van der Waals surface area contributed by atoms with E-state index in [0.29, 0.717) is 6.04 Å². The number of likely N-dealkylation sites (tertiary alicyclic amines) is 1. The van der Waals surface area contributed by atoms with Crippen molar-refractivity contribution in [1.82, 2.24) is 10.2 Å². The molecule has 0 amide bonds. The van der Waals surface area contributed by atoms with Crippen molar-refractivity contribution in [3.8, 4) is 0 Å². The quantitative estimate of drug-likeness (QED) is 0.608. The first-order chi connectivity index (χ1) is 11.4. The molecule has 23 heavy (non-hydrogen) atoms. The van der Waals surface area contributed by atoms with Crippen LogP contribution in [0.5, 0.6) is 0 Å². The van der Waals surface area contributed by atoms with Crippen LogP contribution in [0, 0.1) is 0 Å². The molecule has 0 aromatic heterocycles. The molecule has 0 spiro atoms. The molecule has 0 atom stereocenters. The highest BCUT2D eigenvalue weighted by atomic mass is 15.1. The number of nitrogens with zero attached hydrogens (tertiary/aromatic N) is 1. The minimum Gasteiger partial charge on any atom is -0.384 e. The fraction of sp³-hybridized carbons (Fsp3) is 0.400. The molecule has 1 aliphatic heterocycles. The predicted molar refractivity (Wildman–Crippen MR) is 98.0 cm³/mol. The van der Waals surface area contributed by atoms with Crippen molar-refractivity contribution in [2.45, 2.75) is 25.4 Å². The standard InChI is InChI=1S/C20H27N3/c1-3-7-18(8-4-1)17-23-15-11-20(12-16-23)22-14-13-21-19-9-5-2-6-10-19/h1-10,20-22H,11-17H2/q+1. The van der Waals surface area contributed by atoms with Crippen molar-refractivity contribution in [3.05, 3.63) is 66.2 Å². The Morgan fingerprint density at radius 2 is 1.48 bits per heavy atom. The highest BCUT2D eigenvalue weighted by Crippen LogP contribution is 2.11. The van der Waals surface area contributed by atoms with Crippen LogP contribution < -0.4 is 15.5 Å². The van der Waals surface area contributed by atoms with Crippen molar-refractivity contribution >= 4 is 5.69 Å². The summed E-state index contributed by atoms with van der Waals surface area (Å²) in [6, 6.07) is 21.9. The molecule has 2 aromatic carbocycles. The number of benzene rings is 2. The molecule has 3 nitrogen and oxygen atoms in total. The summed E-state index contributed by atoms with van der Waals surface area (Å²) in [5, 5.41) is 7.14. The lowest BCUT2D eigenvalue weighted by Gasteiger charge is -2.25. The summed E-state index contributed by atoms with van der Waals surface area (Å²) in [4.78, 5) is 2.57. The van der Waals surface area contributed by atoms with Gasteiger partial charge in [-0.05, 0) is 12.1 Å². The molecule has 0 saturated carbocycles. The van der Waals surface area contributed by atoms with Gasteiger partial charge in [0.05, 0.1) is 0 Å². The molecular weight excluding hydrogens is 282 g/mol. The van der Waals surface area contributed by atoms with Crippen LogP contribution in [0.25, 0.3) is 0 Å². The number of piperidine rings is 1. The third-order valence-corrected chi connectivity index (χ3v) is 4.50. The predicted octanol–water partition coefficient (Wildman–Crippen LogP) is 3.19. The van der Waals surface area contributed by atoms with Gasteiger partial charge < -0.3 is 10.6 Å². The largest absolute Gasteiger partial charge is 0.384 e.